The summed E-state index contributed by atoms with van der Waals surface area (Å²) in [5.41, 5.74) is 10.5. The first-order chi connectivity index (χ1) is 18.6. The van der Waals surface area contributed by atoms with Crippen LogP contribution in [-0.4, -0.2) is 28.2 Å². The molecule has 0 fully saturated rings. The Bertz CT molecular complexity index is 1710. The number of halogens is 1. The topological polar surface area (TPSA) is 110 Å². The number of rotatable bonds is 6. The largest absolute Gasteiger partial charge is 0.383 e. The highest BCUT2D eigenvalue weighted by Crippen LogP contribution is 2.37. The fraction of sp³-hybridized carbons (Fsp3) is 0.276. The van der Waals surface area contributed by atoms with E-state index in [1.807, 2.05) is 54.7 Å². The Labute approximate surface area is 232 Å². The van der Waals surface area contributed by atoms with Crippen molar-refractivity contribution in [3.05, 3.63) is 87.2 Å². The van der Waals surface area contributed by atoms with Crippen LogP contribution in [0.1, 0.15) is 37.9 Å². The van der Waals surface area contributed by atoms with Crippen molar-refractivity contribution in [2.75, 3.05) is 24.2 Å². The highest BCUT2D eigenvalue weighted by molar-refractivity contribution is 6.35. The molecule has 2 aromatic carbocycles. The average molecular weight is 543 g/mol. The Balaban J connectivity index is 1.66. The van der Waals surface area contributed by atoms with E-state index in [-0.39, 0.29) is 17.0 Å². The Morgan fingerprint density at radius 3 is 2.64 bits per heavy atom. The highest BCUT2D eigenvalue weighted by atomic mass is 35.5. The van der Waals surface area contributed by atoms with Crippen LogP contribution in [0.2, 0.25) is 5.02 Å². The van der Waals surface area contributed by atoms with Gasteiger partial charge in [0.15, 0.2) is 0 Å². The van der Waals surface area contributed by atoms with Gasteiger partial charge in [0.2, 0.25) is 0 Å². The number of hydrogen-bond donors (Lipinski definition) is 4. The van der Waals surface area contributed by atoms with Gasteiger partial charge in [-0.3, -0.25) is 14.8 Å². The molecule has 4 N–H and O–H groups in total. The summed E-state index contributed by atoms with van der Waals surface area (Å²) in [6, 6.07) is 13.4. The van der Waals surface area contributed by atoms with Crippen LogP contribution in [0.15, 0.2) is 65.5 Å². The van der Waals surface area contributed by atoms with Crippen molar-refractivity contribution in [2.45, 2.75) is 26.8 Å². The second kappa shape index (κ2) is 10.1. The van der Waals surface area contributed by atoms with Crippen molar-refractivity contribution in [2.24, 2.45) is 12.5 Å². The zero-order valence-corrected chi connectivity index (χ0v) is 23.3. The molecule has 0 spiro atoms. The maximum Gasteiger partial charge on any atom is 0.258 e. The smallest absolute Gasteiger partial charge is 0.258 e. The monoisotopic (exact) mass is 542 g/mol. The summed E-state index contributed by atoms with van der Waals surface area (Å²) in [5, 5.41) is 21.4. The number of hydrazine groups is 2. The molecule has 0 radical (unpaired) electrons. The predicted molar refractivity (Wildman–Crippen MR) is 157 cm³/mol. The number of benzene rings is 2. The van der Waals surface area contributed by atoms with Crippen LogP contribution in [0.25, 0.3) is 21.7 Å². The Kier molecular flexibility index (Phi) is 6.85. The van der Waals surface area contributed by atoms with Crippen molar-refractivity contribution >= 4 is 44.7 Å². The van der Waals surface area contributed by atoms with Crippen molar-refractivity contribution in [3.8, 4) is 6.07 Å². The van der Waals surface area contributed by atoms with E-state index in [2.05, 4.69) is 53.4 Å². The Hall–Kier alpha value is -4.26. The number of fused-ring (bicyclic) bond motifs is 2. The van der Waals surface area contributed by atoms with Crippen LogP contribution >= 0.6 is 11.6 Å². The van der Waals surface area contributed by atoms with Crippen LogP contribution in [0.5, 0.6) is 0 Å². The minimum absolute atomic E-state index is 0.00185. The van der Waals surface area contributed by atoms with Crippen molar-refractivity contribution in [3.63, 3.8) is 0 Å². The van der Waals surface area contributed by atoms with E-state index < -0.39 is 0 Å². The Morgan fingerprint density at radius 2 is 1.95 bits per heavy atom. The lowest BCUT2D eigenvalue weighted by Gasteiger charge is -2.24. The predicted octanol–water partition coefficient (Wildman–Crippen LogP) is 5.02. The minimum atomic E-state index is -0.357. The first-order valence-electron chi connectivity index (χ1n) is 12.6. The molecule has 9 nitrogen and oxygen atoms in total. The zero-order valence-electron chi connectivity index (χ0n) is 22.6. The molecule has 0 unspecified atom stereocenters. The lowest BCUT2D eigenvalue weighted by molar-refractivity contribution is 0.326. The van der Waals surface area contributed by atoms with E-state index in [0.717, 1.165) is 27.7 Å². The maximum atomic E-state index is 12.9. The number of anilines is 2. The number of nitrogens with one attached hydrogen (secondary N) is 4. The number of aryl methyl sites for hydroxylation is 1. The molecule has 0 bridgehead atoms. The van der Waals surface area contributed by atoms with Gasteiger partial charge in [0, 0.05) is 55.7 Å². The van der Waals surface area contributed by atoms with E-state index in [1.165, 1.54) is 0 Å². The fourth-order valence-electron chi connectivity index (χ4n) is 4.69. The molecule has 39 heavy (non-hydrogen) atoms. The molecule has 4 aromatic rings. The molecule has 0 amide bonds. The van der Waals surface area contributed by atoms with Gasteiger partial charge in [-0.05, 0) is 40.6 Å². The summed E-state index contributed by atoms with van der Waals surface area (Å²) in [7, 11) is 3.64. The van der Waals surface area contributed by atoms with Crippen LogP contribution in [0, 0.1) is 16.7 Å². The van der Waals surface area contributed by atoms with Crippen molar-refractivity contribution < 1.29 is 0 Å². The average Bonchev–Trinajstić information content (AvgIpc) is 3.33. The van der Waals surface area contributed by atoms with Gasteiger partial charge in [-0.1, -0.05) is 44.5 Å². The molecule has 3 heterocycles. The van der Waals surface area contributed by atoms with E-state index >= 15 is 0 Å². The van der Waals surface area contributed by atoms with Crippen molar-refractivity contribution in [1.29, 1.82) is 5.26 Å². The number of pyridine rings is 2. The SMILES string of the molecule is CN1C=C([C@@H](Nc2cc(Cl)c3ncc(C#N)c(NCC(C)(C)C)c3c2)c2cccc3c(=O)n(C)ccc23)NN1. The van der Waals surface area contributed by atoms with Gasteiger partial charge in [0.1, 0.15) is 6.07 Å². The molecule has 0 saturated heterocycles. The van der Waals surface area contributed by atoms with Crippen LogP contribution in [0.3, 0.4) is 0 Å². The van der Waals surface area contributed by atoms with Gasteiger partial charge in [-0.15, -0.1) is 5.53 Å². The van der Waals surface area contributed by atoms with Crippen molar-refractivity contribution in [1.82, 2.24) is 25.5 Å². The fourth-order valence-corrected chi connectivity index (χ4v) is 4.95. The van der Waals surface area contributed by atoms with E-state index in [4.69, 9.17) is 11.6 Å². The second-order valence-electron chi connectivity index (χ2n) is 11.0. The molecule has 0 aliphatic carbocycles. The van der Waals surface area contributed by atoms with Gasteiger partial charge in [-0.25, -0.2) is 0 Å². The molecular weight excluding hydrogens is 512 g/mol. The quantitative estimate of drug-likeness (QED) is 0.269. The lowest BCUT2D eigenvalue weighted by atomic mass is 9.96. The molecule has 200 valence electrons. The molecule has 1 aliphatic rings. The summed E-state index contributed by atoms with van der Waals surface area (Å²) >= 11 is 6.76. The van der Waals surface area contributed by atoms with E-state index in [1.54, 1.807) is 24.0 Å². The summed E-state index contributed by atoms with van der Waals surface area (Å²) in [4.78, 5) is 17.4. The maximum absolute atomic E-state index is 12.9. The molecule has 10 heteroatoms. The van der Waals surface area contributed by atoms with Gasteiger partial charge >= 0.3 is 0 Å². The lowest BCUT2D eigenvalue weighted by Crippen LogP contribution is -2.35. The number of nitrogens with zero attached hydrogens (tertiary/aromatic N) is 4. The van der Waals surface area contributed by atoms with Crippen LogP contribution in [0.4, 0.5) is 11.4 Å². The van der Waals surface area contributed by atoms with Gasteiger partial charge in [0.25, 0.3) is 5.56 Å². The Morgan fingerprint density at radius 1 is 1.15 bits per heavy atom. The highest BCUT2D eigenvalue weighted by Gasteiger charge is 2.24. The van der Waals surface area contributed by atoms with Crippen LogP contribution in [-0.2, 0) is 7.05 Å². The molecule has 1 atom stereocenters. The second-order valence-corrected chi connectivity index (χ2v) is 11.4. The summed E-state index contributed by atoms with van der Waals surface area (Å²) in [6.45, 7) is 7.05. The number of aromatic nitrogens is 2. The third-order valence-corrected chi connectivity index (χ3v) is 6.93. The first-order valence-corrected chi connectivity index (χ1v) is 13.0. The molecular formula is C29H31ClN8O. The minimum Gasteiger partial charge on any atom is -0.383 e. The third kappa shape index (κ3) is 5.21. The normalized spacial score (nSPS) is 14.2. The van der Waals surface area contributed by atoms with Gasteiger partial charge in [0.05, 0.1) is 33.5 Å². The standard InChI is InChI=1S/C29H31ClN8O/c1-29(2,3)16-33-25-17(13-31)14-32-26-22(25)11-18(12-23(26)30)34-27(24-15-38(5)36-35-24)20-7-6-8-21-19(20)9-10-37(4)28(21)39/h6-12,14-15,27,34-36H,16H2,1-5H3,(H,32,33)/t27-/m0/s1. The number of nitriles is 1. The summed E-state index contributed by atoms with van der Waals surface area (Å²) < 4.78 is 1.58. The van der Waals surface area contributed by atoms with Crippen LogP contribution < -0.4 is 27.2 Å². The van der Waals surface area contributed by atoms with Gasteiger partial charge in [-0.2, -0.15) is 5.26 Å². The van der Waals surface area contributed by atoms with E-state index in [9.17, 15) is 10.1 Å². The molecule has 0 saturated carbocycles. The first kappa shape index (κ1) is 26.4. The number of hydrogen-bond acceptors (Lipinski definition) is 8. The molecule has 5 rings (SSSR count). The summed E-state index contributed by atoms with van der Waals surface area (Å²) in [6.07, 6.45) is 5.29. The zero-order chi connectivity index (χ0) is 27.9. The summed E-state index contributed by atoms with van der Waals surface area (Å²) in [5.74, 6) is 0. The van der Waals surface area contributed by atoms with E-state index in [0.29, 0.717) is 33.7 Å². The van der Waals surface area contributed by atoms with Gasteiger partial charge < -0.3 is 20.6 Å². The third-order valence-electron chi connectivity index (χ3n) is 6.64. The molecule has 1 aliphatic heterocycles. The molecule has 2 aromatic heterocycles.